The number of rotatable bonds is 7. The van der Waals surface area contributed by atoms with Crippen molar-refractivity contribution >= 4 is 16.6 Å². The highest BCUT2D eigenvalue weighted by Gasteiger charge is 2.32. The van der Waals surface area contributed by atoms with Crippen LogP contribution in [-0.2, 0) is 6.54 Å². The van der Waals surface area contributed by atoms with E-state index in [-0.39, 0.29) is 5.56 Å². The van der Waals surface area contributed by atoms with Gasteiger partial charge >= 0.3 is 0 Å². The second kappa shape index (κ2) is 10.5. The number of nitrogens with one attached hydrogen (secondary N) is 1. The number of pyridine rings is 1. The minimum atomic E-state index is -0.401. The zero-order valence-corrected chi connectivity index (χ0v) is 21.2. The topological polar surface area (TPSA) is 92.2 Å². The van der Waals surface area contributed by atoms with Gasteiger partial charge in [0.2, 0.25) is 0 Å². The number of tetrazole rings is 1. The van der Waals surface area contributed by atoms with E-state index in [0.29, 0.717) is 23.7 Å². The molecule has 1 N–H and O–H groups in total. The average Bonchev–Trinajstić information content (AvgIpc) is 3.42. The number of hydrogen-bond acceptors (Lipinski definition) is 7. The van der Waals surface area contributed by atoms with Crippen molar-refractivity contribution in [1.82, 2.24) is 30.1 Å². The van der Waals surface area contributed by atoms with Crippen molar-refractivity contribution in [2.45, 2.75) is 12.6 Å². The molecule has 0 unspecified atom stereocenters. The first-order chi connectivity index (χ1) is 18.7. The minimum absolute atomic E-state index is 0.157. The van der Waals surface area contributed by atoms with Crippen LogP contribution < -0.4 is 15.2 Å². The number of piperazine rings is 1. The Bertz CT molecular complexity index is 1580. The molecule has 9 heteroatoms. The number of fused-ring (bicyclic) bond motifs is 1. The third-order valence-corrected chi connectivity index (χ3v) is 7.16. The lowest BCUT2D eigenvalue weighted by Crippen LogP contribution is -2.49. The Morgan fingerprint density at radius 1 is 0.921 bits per heavy atom. The third kappa shape index (κ3) is 4.76. The summed E-state index contributed by atoms with van der Waals surface area (Å²) in [7, 11) is 1.62. The lowest BCUT2D eigenvalue weighted by Gasteiger charge is -2.39. The molecule has 3 heterocycles. The van der Waals surface area contributed by atoms with Crippen molar-refractivity contribution in [2.24, 2.45) is 0 Å². The molecule has 0 spiro atoms. The first-order valence-electron chi connectivity index (χ1n) is 12.7. The highest BCUT2D eigenvalue weighted by atomic mass is 16.5. The summed E-state index contributed by atoms with van der Waals surface area (Å²) >= 11 is 0. The van der Waals surface area contributed by atoms with Gasteiger partial charge in [0.1, 0.15) is 11.8 Å². The standard InChI is InChI=1S/C29H29N7O2/c1-38-24-13-12-22-18-25(29(37)30-26(22)19-24)27(28-31-32-33-36(28)20-21-8-4-2-5-9-21)35-16-14-34(15-17-35)23-10-6-3-7-11-23/h2-13,18-19,27H,14-17,20H2,1H3,(H,30,37)/t27-/m0/s1. The van der Waals surface area contributed by atoms with Crippen molar-refractivity contribution in [3.63, 3.8) is 0 Å². The molecular weight excluding hydrogens is 478 g/mol. The Kier molecular flexibility index (Phi) is 6.58. The van der Waals surface area contributed by atoms with Crippen LogP contribution in [0.5, 0.6) is 5.75 Å². The Labute approximate surface area is 220 Å². The molecule has 0 bridgehead atoms. The van der Waals surface area contributed by atoms with E-state index < -0.39 is 6.04 Å². The van der Waals surface area contributed by atoms with Gasteiger partial charge in [-0.15, -0.1) is 5.10 Å². The predicted molar refractivity (Wildman–Crippen MR) is 147 cm³/mol. The van der Waals surface area contributed by atoms with Crippen molar-refractivity contribution in [2.75, 3.05) is 38.2 Å². The molecule has 1 aliphatic rings. The van der Waals surface area contributed by atoms with E-state index in [1.807, 2.05) is 48.5 Å². The number of aromatic amines is 1. The maximum Gasteiger partial charge on any atom is 0.253 e. The van der Waals surface area contributed by atoms with Crippen LogP contribution in [-0.4, -0.2) is 63.4 Å². The minimum Gasteiger partial charge on any atom is -0.497 e. The van der Waals surface area contributed by atoms with Crippen molar-refractivity contribution in [3.8, 4) is 5.75 Å². The van der Waals surface area contributed by atoms with Crippen LogP contribution in [0.15, 0.2) is 89.7 Å². The Morgan fingerprint density at radius 3 is 2.39 bits per heavy atom. The highest BCUT2D eigenvalue weighted by Crippen LogP contribution is 2.29. The predicted octanol–water partition coefficient (Wildman–Crippen LogP) is 3.48. The first-order valence-corrected chi connectivity index (χ1v) is 12.7. The smallest absolute Gasteiger partial charge is 0.253 e. The van der Waals surface area contributed by atoms with Gasteiger partial charge < -0.3 is 14.6 Å². The SMILES string of the molecule is COc1ccc2cc([C@@H](c3nnnn3Cc3ccccc3)N3CCN(c4ccccc4)CC3)c(=O)[nH]c2c1. The summed E-state index contributed by atoms with van der Waals surface area (Å²) in [5.41, 5.74) is 3.49. The summed E-state index contributed by atoms with van der Waals surface area (Å²) < 4.78 is 7.15. The van der Waals surface area contributed by atoms with Crippen molar-refractivity contribution in [1.29, 1.82) is 0 Å². The zero-order valence-electron chi connectivity index (χ0n) is 21.2. The summed E-state index contributed by atoms with van der Waals surface area (Å²) in [5.74, 6) is 1.35. The van der Waals surface area contributed by atoms with Gasteiger partial charge in [-0.1, -0.05) is 48.5 Å². The van der Waals surface area contributed by atoms with Gasteiger partial charge in [-0.25, -0.2) is 4.68 Å². The summed E-state index contributed by atoms with van der Waals surface area (Å²) in [5, 5.41) is 13.7. The fourth-order valence-electron chi connectivity index (χ4n) is 5.18. The van der Waals surface area contributed by atoms with Gasteiger partial charge in [0.15, 0.2) is 5.82 Å². The molecule has 2 aromatic heterocycles. The van der Waals surface area contributed by atoms with Crippen LogP contribution in [0.3, 0.4) is 0 Å². The Hall–Kier alpha value is -4.50. The molecule has 1 fully saturated rings. The lowest BCUT2D eigenvalue weighted by molar-refractivity contribution is 0.200. The van der Waals surface area contributed by atoms with E-state index in [9.17, 15) is 4.79 Å². The van der Waals surface area contributed by atoms with Crippen LogP contribution in [0.2, 0.25) is 0 Å². The van der Waals surface area contributed by atoms with Crippen molar-refractivity contribution < 1.29 is 4.74 Å². The fourth-order valence-corrected chi connectivity index (χ4v) is 5.18. The molecule has 0 saturated carbocycles. The summed E-state index contributed by atoms with van der Waals surface area (Å²) in [4.78, 5) is 21.3. The van der Waals surface area contributed by atoms with E-state index in [2.05, 4.69) is 66.7 Å². The number of hydrogen-bond donors (Lipinski definition) is 1. The van der Waals surface area contributed by atoms with Gasteiger partial charge in [-0.2, -0.15) is 0 Å². The number of para-hydroxylation sites is 1. The molecular formula is C29H29N7O2. The number of benzene rings is 3. The molecule has 0 aliphatic carbocycles. The molecule has 1 aliphatic heterocycles. The number of H-pyrrole nitrogens is 1. The van der Waals surface area contributed by atoms with Crippen LogP contribution in [0, 0.1) is 0 Å². The van der Waals surface area contributed by atoms with Gasteiger partial charge in [-0.05, 0) is 51.7 Å². The van der Waals surface area contributed by atoms with E-state index >= 15 is 0 Å². The van der Waals surface area contributed by atoms with Gasteiger partial charge in [0.25, 0.3) is 5.56 Å². The Morgan fingerprint density at radius 2 is 1.66 bits per heavy atom. The molecule has 5 aromatic rings. The van der Waals surface area contributed by atoms with Gasteiger partial charge in [-0.3, -0.25) is 9.69 Å². The zero-order chi connectivity index (χ0) is 25.9. The summed E-state index contributed by atoms with van der Waals surface area (Å²) in [6.45, 7) is 3.72. The van der Waals surface area contributed by atoms with Crippen LogP contribution in [0.25, 0.3) is 10.9 Å². The second-order valence-electron chi connectivity index (χ2n) is 9.45. The first kappa shape index (κ1) is 23.9. The average molecular weight is 508 g/mol. The van der Waals surface area contributed by atoms with E-state index in [0.717, 1.165) is 42.6 Å². The van der Waals surface area contributed by atoms with E-state index in [1.54, 1.807) is 11.8 Å². The Balaban J connectivity index is 1.39. The van der Waals surface area contributed by atoms with Gasteiger partial charge in [0, 0.05) is 43.5 Å². The number of nitrogens with zero attached hydrogens (tertiary/aromatic N) is 6. The number of anilines is 1. The molecule has 9 nitrogen and oxygen atoms in total. The molecule has 38 heavy (non-hydrogen) atoms. The van der Waals surface area contributed by atoms with Crippen LogP contribution in [0.1, 0.15) is 23.0 Å². The quantitative estimate of drug-likeness (QED) is 0.361. The van der Waals surface area contributed by atoms with Crippen LogP contribution in [0.4, 0.5) is 5.69 Å². The second-order valence-corrected chi connectivity index (χ2v) is 9.45. The lowest BCUT2D eigenvalue weighted by atomic mass is 10.0. The van der Waals surface area contributed by atoms with Crippen LogP contribution >= 0.6 is 0 Å². The van der Waals surface area contributed by atoms with E-state index in [1.165, 1.54) is 5.69 Å². The largest absolute Gasteiger partial charge is 0.497 e. The molecule has 6 rings (SSSR count). The maximum atomic E-state index is 13.6. The molecule has 0 radical (unpaired) electrons. The fraction of sp³-hybridized carbons (Fsp3) is 0.241. The van der Waals surface area contributed by atoms with Gasteiger partial charge in [0.05, 0.1) is 19.2 Å². The monoisotopic (exact) mass is 507 g/mol. The van der Waals surface area contributed by atoms with Crippen molar-refractivity contribution in [3.05, 3.63) is 112 Å². The molecule has 1 atom stereocenters. The summed E-state index contributed by atoms with van der Waals surface area (Å²) in [6, 6.07) is 27.8. The summed E-state index contributed by atoms with van der Waals surface area (Å²) in [6.07, 6.45) is 0. The number of aromatic nitrogens is 5. The molecule has 0 amide bonds. The highest BCUT2D eigenvalue weighted by molar-refractivity contribution is 5.80. The molecule has 3 aromatic carbocycles. The maximum absolute atomic E-state index is 13.6. The van der Waals surface area contributed by atoms with E-state index in [4.69, 9.17) is 4.74 Å². The normalized spacial score (nSPS) is 15.0. The third-order valence-electron chi connectivity index (χ3n) is 7.16. The molecule has 1 saturated heterocycles. The molecule has 192 valence electrons. The number of ether oxygens (including phenoxy) is 1. The number of methoxy groups -OCH3 is 1.